The number of carbonyl (C=O) groups excluding carboxylic acids is 4. The number of nitrogens with zero attached hydrogens (tertiary/aromatic N) is 1. The molecule has 0 aliphatic carbocycles. The summed E-state index contributed by atoms with van der Waals surface area (Å²) >= 11 is 5.68. The Morgan fingerprint density at radius 1 is 1.13 bits per heavy atom. The zero-order valence-corrected chi connectivity index (χ0v) is 16.8. The van der Waals surface area contributed by atoms with Gasteiger partial charge in [0.15, 0.2) is 6.10 Å². The fraction of sp³-hybridized carbons (Fsp3) is 0.158. The van der Waals surface area contributed by atoms with Crippen LogP contribution in [0.2, 0.25) is 5.02 Å². The third-order valence-electron chi connectivity index (χ3n) is 3.91. The topological polar surface area (TPSA) is 171 Å². The number of esters is 1. The van der Waals surface area contributed by atoms with E-state index in [1.54, 1.807) is 0 Å². The molecule has 4 N–H and O–H groups in total. The zero-order chi connectivity index (χ0) is 23.1. The van der Waals surface area contributed by atoms with E-state index in [2.05, 4.69) is 10.6 Å². The molecule has 12 heteroatoms. The Kier molecular flexibility index (Phi) is 7.64. The number of hydrogen-bond acceptors (Lipinski definition) is 7. The lowest BCUT2D eigenvalue weighted by molar-refractivity contribution is -0.384. The van der Waals surface area contributed by atoms with Crippen molar-refractivity contribution in [1.82, 2.24) is 5.32 Å². The maximum absolute atomic E-state index is 12.1. The number of carbonyl (C=O) groups is 4. The van der Waals surface area contributed by atoms with Crippen molar-refractivity contribution >= 4 is 46.7 Å². The van der Waals surface area contributed by atoms with Gasteiger partial charge in [0.25, 0.3) is 17.5 Å². The van der Waals surface area contributed by atoms with Crippen molar-refractivity contribution in [1.29, 1.82) is 0 Å². The lowest BCUT2D eigenvalue weighted by Gasteiger charge is -2.14. The summed E-state index contributed by atoms with van der Waals surface area (Å²) in [5, 5.41) is 15.5. The third kappa shape index (κ3) is 6.51. The summed E-state index contributed by atoms with van der Waals surface area (Å²) in [7, 11) is 0. The Balaban J connectivity index is 1.86. The Hall–Kier alpha value is -3.99. The average Bonchev–Trinajstić information content (AvgIpc) is 2.72. The SMILES string of the molecule is CC(OC(=O)CNC(=O)c1ccc(Cl)c([N+](=O)[O-])c1)C(=O)Nc1ccc(C(N)=O)cc1. The van der Waals surface area contributed by atoms with E-state index >= 15 is 0 Å². The highest BCUT2D eigenvalue weighted by Crippen LogP contribution is 2.24. The molecule has 0 heterocycles. The molecule has 2 rings (SSSR count). The summed E-state index contributed by atoms with van der Waals surface area (Å²) in [6.45, 7) is 0.759. The molecule has 1 unspecified atom stereocenters. The van der Waals surface area contributed by atoms with Crippen molar-refractivity contribution in [2.24, 2.45) is 5.73 Å². The van der Waals surface area contributed by atoms with Crippen LogP contribution >= 0.6 is 11.6 Å². The summed E-state index contributed by atoms with van der Waals surface area (Å²) in [4.78, 5) is 57.3. The van der Waals surface area contributed by atoms with E-state index < -0.39 is 47.0 Å². The first-order valence-electron chi connectivity index (χ1n) is 8.71. The average molecular weight is 449 g/mol. The molecule has 0 spiro atoms. The molecule has 0 aromatic heterocycles. The van der Waals surface area contributed by atoms with Gasteiger partial charge in [-0.1, -0.05) is 11.6 Å². The van der Waals surface area contributed by atoms with Crippen LogP contribution in [-0.4, -0.2) is 41.3 Å². The zero-order valence-electron chi connectivity index (χ0n) is 16.1. The maximum atomic E-state index is 12.1. The monoisotopic (exact) mass is 448 g/mol. The van der Waals surface area contributed by atoms with Gasteiger partial charge in [-0.3, -0.25) is 29.3 Å². The predicted octanol–water partition coefficient (Wildman–Crippen LogP) is 1.65. The van der Waals surface area contributed by atoms with Crippen molar-refractivity contribution in [3.05, 3.63) is 68.7 Å². The van der Waals surface area contributed by atoms with Crippen molar-refractivity contribution in [2.75, 3.05) is 11.9 Å². The van der Waals surface area contributed by atoms with E-state index in [1.807, 2.05) is 0 Å². The summed E-state index contributed by atoms with van der Waals surface area (Å²) < 4.78 is 4.94. The second-order valence-corrected chi connectivity index (χ2v) is 6.58. The number of nitro benzene ring substituents is 1. The number of nitrogens with one attached hydrogen (secondary N) is 2. The van der Waals surface area contributed by atoms with Gasteiger partial charge in [0.05, 0.1) is 4.92 Å². The molecule has 31 heavy (non-hydrogen) atoms. The highest BCUT2D eigenvalue weighted by Gasteiger charge is 2.20. The molecule has 0 aliphatic heterocycles. The van der Waals surface area contributed by atoms with Gasteiger partial charge >= 0.3 is 5.97 Å². The largest absolute Gasteiger partial charge is 0.451 e. The first-order valence-corrected chi connectivity index (χ1v) is 9.08. The molecule has 0 bridgehead atoms. The molecule has 3 amide bonds. The fourth-order valence-corrected chi connectivity index (χ4v) is 2.49. The normalized spacial score (nSPS) is 11.2. The van der Waals surface area contributed by atoms with Gasteiger partial charge in [0.2, 0.25) is 5.91 Å². The first-order chi connectivity index (χ1) is 14.6. The number of anilines is 1. The van der Waals surface area contributed by atoms with E-state index in [9.17, 15) is 29.3 Å². The number of ether oxygens (including phenoxy) is 1. The van der Waals surface area contributed by atoms with Crippen molar-refractivity contribution in [3.63, 3.8) is 0 Å². The molecule has 162 valence electrons. The molecule has 11 nitrogen and oxygen atoms in total. The Morgan fingerprint density at radius 3 is 2.32 bits per heavy atom. The molecule has 0 aliphatic rings. The van der Waals surface area contributed by atoms with Crippen molar-refractivity contribution < 1.29 is 28.8 Å². The van der Waals surface area contributed by atoms with Crippen LogP contribution in [0.15, 0.2) is 42.5 Å². The maximum Gasteiger partial charge on any atom is 0.326 e. The van der Waals surface area contributed by atoms with Crippen LogP contribution < -0.4 is 16.4 Å². The summed E-state index contributed by atoms with van der Waals surface area (Å²) in [6, 6.07) is 9.18. The van der Waals surface area contributed by atoms with Gasteiger partial charge in [0, 0.05) is 22.9 Å². The van der Waals surface area contributed by atoms with E-state index in [0.29, 0.717) is 5.69 Å². The third-order valence-corrected chi connectivity index (χ3v) is 4.23. The van der Waals surface area contributed by atoms with Gasteiger partial charge in [-0.2, -0.15) is 0 Å². The van der Waals surface area contributed by atoms with Crippen LogP contribution in [0.25, 0.3) is 0 Å². The number of halogens is 1. The van der Waals surface area contributed by atoms with Gasteiger partial charge < -0.3 is 21.1 Å². The molecular formula is C19H17ClN4O7. The number of hydrogen-bond donors (Lipinski definition) is 3. The van der Waals surface area contributed by atoms with Gasteiger partial charge in [-0.25, -0.2) is 0 Å². The quantitative estimate of drug-likeness (QED) is 0.313. The Labute approximate surface area is 180 Å². The molecule has 2 aromatic carbocycles. The number of nitrogens with two attached hydrogens (primary N) is 1. The second kappa shape index (κ2) is 10.2. The van der Waals surface area contributed by atoms with Gasteiger partial charge in [-0.05, 0) is 43.3 Å². The van der Waals surface area contributed by atoms with Gasteiger partial charge in [-0.15, -0.1) is 0 Å². The summed E-state index contributed by atoms with van der Waals surface area (Å²) in [6.07, 6.45) is -1.18. The highest BCUT2D eigenvalue weighted by molar-refractivity contribution is 6.32. The number of primary amides is 1. The standard InChI is InChI=1S/C19H17ClN4O7/c1-10(18(27)23-13-5-2-11(3-6-13)17(21)26)31-16(25)9-22-19(28)12-4-7-14(20)15(8-12)24(29)30/h2-8,10H,9H2,1H3,(H2,21,26)(H,22,28)(H,23,27). The van der Waals surface area contributed by atoms with Crippen LogP contribution in [0.1, 0.15) is 27.6 Å². The minimum Gasteiger partial charge on any atom is -0.451 e. The summed E-state index contributed by atoms with van der Waals surface area (Å²) in [5.41, 5.74) is 5.23. The van der Waals surface area contributed by atoms with Crippen LogP contribution in [0.5, 0.6) is 0 Å². The lowest BCUT2D eigenvalue weighted by atomic mass is 10.2. The lowest BCUT2D eigenvalue weighted by Crippen LogP contribution is -2.35. The molecular weight excluding hydrogens is 432 g/mol. The van der Waals surface area contributed by atoms with Crippen LogP contribution in [0.3, 0.4) is 0 Å². The van der Waals surface area contributed by atoms with Crippen molar-refractivity contribution in [2.45, 2.75) is 13.0 Å². The molecule has 0 saturated heterocycles. The van der Waals surface area contributed by atoms with Crippen LogP contribution in [0, 0.1) is 10.1 Å². The molecule has 2 aromatic rings. The number of amides is 3. The minimum absolute atomic E-state index is 0.0749. The smallest absolute Gasteiger partial charge is 0.326 e. The van der Waals surface area contributed by atoms with E-state index in [4.69, 9.17) is 22.1 Å². The van der Waals surface area contributed by atoms with Crippen LogP contribution in [0.4, 0.5) is 11.4 Å². The van der Waals surface area contributed by atoms with E-state index in [0.717, 1.165) is 6.07 Å². The Bertz CT molecular complexity index is 1040. The predicted molar refractivity (Wildman–Crippen MR) is 110 cm³/mol. The van der Waals surface area contributed by atoms with Crippen molar-refractivity contribution in [3.8, 4) is 0 Å². The molecule has 0 radical (unpaired) electrons. The fourth-order valence-electron chi connectivity index (χ4n) is 2.30. The second-order valence-electron chi connectivity index (χ2n) is 6.17. The van der Waals surface area contributed by atoms with Gasteiger partial charge in [0.1, 0.15) is 11.6 Å². The minimum atomic E-state index is -1.18. The van der Waals surface area contributed by atoms with Crippen LogP contribution in [-0.2, 0) is 14.3 Å². The summed E-state index contributed by atoms with van der Waals surface area (Å²) in [5.74, 6) is -2.91. The molecule has 0 saturated carbocycles. The van der Waals surface area contributed by atoms with E-state index in [-0.39, 0.29) is 16.1 Å². The first kappa shape index (κ1) is 23.3. The Morgan fingerprint density at radius 2 is 1.74 bits per heavy atom. The molecule has 0 fully saturated rings. The number of rotatable bonds is 8. The number of benzene rings is 2. The highest BCUT2D eigenvalue weighted by atomic mass is 35.5. The van der Waals surface area contributed by atoms with E-state index in [1.165, 1.54) is 43.3 Å². The molecule has 1 atom stereocenters. The number of nitro groups is 1.